The van der Waals surface area contributed by atoms with Crippen molar-refractivity contribution in [3.8, 4) is 0 Å². The van der Waals surface area contributed by atoms with Gasteiger partial charge in [0.2, 0.25) is 5.78 Å². The highest BCUT2D eigenvalue weighted by Crippen LogP contribution is 2.27. The number of esters is 1. The highest BCUT2D eigenvalue weighted by molar-refractivity contribution is 6.03. The standard InChI is InChI=1S/C22H28N2O3/c1-5-27-22(26)19-13(2)20(24-14(19)3)21(25)15(4)23-18-12-8-10-16-9-6-7-11-17(16)18/h6-7,9,11,15,18,23-24H,5,8,10,12H2,1-4H3/p+1/t15-,18-/m0/s1. The monoisotopic (exact) mass is 369 g/mol. The fraction of sp³-hybridized carbons (Fsp3) is 0.455. The molecule has 0 fully saturated rings. The fourth-order valence-corrected chi connectivity index (χ4v) is 4.16. The third-order valence-electron chi connectivity index (χ3n) is 5.51. The molecule has 0 saturated carbocycles. The molecule has 1 aromatic heterocycles. The topological polar surface area (TPSA) is 75.8 Å². The first-order valence-electron chi connectivity index (χ1n) is 9.77. The molecule has 0 aliphatic heterocycles. The fourth-order valence-electron chi connectivity index (χ4n) is 4.16. The summed E-state index contributed by atoms with van der Waals surface area (Å²) in [6.45, 7) is 7.66. The summed E-state index contributed by atoms with van der Waals surface area (Å²) in [6, 6.07) is 8.59. The van der Waals surface area contributed by atoms with Crippen LogP contribution in [0.25, 0.3) is 0 Å². The van der Waals surface area contributed by atoms with Gasteiger partial charge in [-0.25, -0.2) is 4.79 Å². The SMILES string of the molecule is CCOC(=O)c1c(C)[nH]c(C(=O)[C@H](C)[NH2+][C@H]2CCCc3ccccc32)c1C. The molecule has 0 spiro atoms. The van der Waals surface area contributed by atoms with Gasteiger partial charge in [0.05, 0.1) is 17.9 Å². The van der Waals surface area contributed by atoms with Crippen molar-refractivity contribution in [1.82, 2.24) is 4.98 Å². The quantitative estimate of drug-likeness (QED) is 0.607. The van der Waals surface area contributed by atoms with E-state index in [1.807, 2.05) is 20.8 Å². The van der Waals surface area contributed by atoms with E-state index in [0.29, 0.717) is 35.2 Å². The molecule has 1 aromatic carbocycles. The van der Waals surface area contributed by atoms with Crippen LogP contribution in [0, 0.1) is 13.8 Å². The molecule has 0 amide bonds. The molecule has 2 atom stereocenters. The Labute approximate surface area is 160 Å². The minimum atomic E-state index is -0.374. The lowest BCUT2D eigenvalue weighted by Gasteiger charge is -2.25. The summed E-state index contributed by atoms with van der Waals surface area (Å²) in [6.07, 6.45) is 3.33. The van der Waals surface area contributed by atoms with Gasteiger partial charge in [0, 0.05) is 17.7 Å². The van der Waals surface area contributed by atoms with Crippen molar-refractivity contribution in [2.24, 2.45) is 0 Å². The maximum atomic E-state index is 13.1. The number of rotatable bonds is 6. The first-order valence-corrected chi connectivity index (χ1v) is 9.77. The molecular formula is C22H29N2O3+. The Morgan fingerprint density at radius 2 is 2.04 bits per heavy atom. The van der Waals surface area contributed by atoms with E-state index in [1.165, 1.54) is 11.1 Å². The second-order valence-electron chi connectivity index (χ2n) is 7.39. The number of aryl methyl sites for hydroxylation is 2. The van der Waals surface area contributed by atoms with Gasteiger partial charge in [0.15, 0.2) is 0 Å². The molecule has 5 nitrogen and oxygen atoms in total. The zero-order valence-electron chi connectivity index (χ0n) is 16.6. The number of Topliss-reactive ketones (excluding diaryl/α,β-unsaturated/α-hetero) is 1. The molecule has 1 aliphatic rings. The number of ether oxygens (including phenoxy) is 1. The van der Waals surface area contributed by atoms with Crippen molar-refractivity contribution in [1.29, 1.82) is 0 Å². The molecule has 0 bridgehead atoms. The molecule has 1 aliphatic carbocycles. The summed E-state index contributed by atoms with van der Waals surface area (Å²) in [5.41, 5.74) is 5.10. The zero-order chi connectivity index (χ0) is 19.6. The van der Waals surface area contributed by atoms with E-state index < -0.39 is 0 Å². The van der Waals surface area contributed by atoms with Crippen LogP contribution in [-0.2, 0) is 11.2 Å². The molecule has 0 radical (unpaired) electrons. The van der Waals surface area contributed by atoms with Crippen LogP contribution >= 0.6 is 0 Å². The molecule has 3 rings (SSSR count). The van der Waals surface area contributed by atoms with Crippen molar-refractivity contribution < 1.29 is 19.6 Å². The molecule has 144 valence electrons. The number of carbonyl (C=O) groups is 2. The summed E-state index contributed by atoms with van der Waals surface area (Å²) >= 11 is 0. The lowest BCUT2D eigenvalue weighted by atomic mass is 9.87. The van der Waals surface area contributed by atoms with Gasteiger partial charge in [-0.05, 0) is 51.7 Å². The summed E-state index contributed by atoms with van der Waals surface area (Å²) in [7, 11) is 0. The molecule has 5 heteroatoms. The van der Waals surface area contributed by atoms with Crippen LogP contribution < -0.4 is 5.32 Å². The lowest BCUT2D eigenvalue weighted by molar-refractivity contribution is -0.713. The van der Waals surface area contributed by atoms with Crippen LogP contribution in [-0.4, -0.2) is 29.4 Å². The number of nitrogens with two attached hydrogens (primary N) is 1. The summed E-state index contributed by atoms with van der Waals surface area (Å²) in [4.78, 5) is 28.4. The van der Waals surface area contributed by atoms with Crippen LogP contribution in [0.1, 0.15) is 76.0 Å². The van der Waals surface area contributed by atoms with Crippen molar-refractivity contribution in [3.05, 3.63) is 57.9 Å². The van der Waals surface area contributed by atoms with Gasteiger partial charge in [-0.1, -0.05) is 24.3 Å². The number of aromatic nitrogens is 1. The molecule has 0 saturated heterocycles. The Hall–Kier alpha value is -2.40. The number of hydrogen-bond acceptors (Lipinski definition) is 3. The van der Waals surface area contributed by atoms with Crippen molar-refractivity contribution >= 4 is 11.8 Å². The highest BCUT2D eigenvalue weighted by atomic mass is 16.5. The Kier molecular flexibility index (Phi) is 5.80. The minimum Gasteiger partial charge on any atom is -0.462 e. The van der Waals surface area contributed by atoms with E-state index in [9.17, 15) is 9.59 Å². The highest BCUT2D eigenvalue weighted by Gasteiger charge is 2.31. The number of nitrogens with one attached hydrogen (secondary N) is 1. The third kappa shape index (κ3) is 3.83. The molecular weight excluding hydrogens is 340 g/mol. The summed E-state index contributed by atoms with van der Waals surface area (Å²) in [5, 5.41) is 2.17. The van der Waals surface area contributed by atoms with E-state index >= 15 is 0 Å². The number of fused-ring (bicyclic) bond motifs is 1. The molecule has 3 N–H and O–H groups in total. The van der Waals surface area contributed by atoms with Crippen molar-refractivity contribution in [3.63, 3.8) is 0 Å². The van der Waals surface area contributed by atoms with E-state index in [0.717, 1.165) is 19.3 Å². The van der Waals surface area contributed by atoms with Crippen molar-refractivity contribution in [2.45, 2.75) is 59.0 Å². The summed E-state index contributed by atoms with van der Waals surface area (Å²) < 4.78 is 5.13. The lowest BCUT2D eigenvalue weighted by Crippen LogP contribution is -2.92. The zero-order valence-corrected chi connectivity index (χ0v) is 16.6. The van der Waals surface area contributed by atoms with Crippen molar-refractivity contribution in [2.75, 3.05) is 6.61 Å². The van der Waals surface area contributed by atoms with Crippen LogP contribution in [0.5, 0.6) is 0 Å². The van der Waals surface area contributed by atoms with Gasteiger partial charge in [-0.2, -0.15) is 0 Å². The maximum absolute atomic E-state index is 13.1. The number of benzene rings is 1. The number of quaternary nitrogens is 1. The number of carbonyl (C=O) groups excluding carboxylic acids is 2. The van der Waals surface area contributed by atoms with E-state index in [1.54, 1.807) is 6.92 Å². The minimum absolute atomic E-state index is 0.0224. The smallest absolute Gasteiger partial charge is 0.340 e. The van der Waals surface area contributed by atoms with Crippen LogP contribution in [0.4, 0.5) is 0 Å². The molecule has 2 aromatic rings. The van der Waals surface area contributed by atoms with Crippen LogP contribution in [0.15, 0.2) is 24.3 Å². The van der Waals surface area contributed by atoms with Gasteiger partial charge >= 0.3 is 5.97 Å². The van der Waals surface area contributed by atoms with Gasteiger partial charge in [-0.15, -0.1) is 0 Å². The van der Waals surface area contributed by atoms with Gasteiger partial charge in [-0.3, -0.25) is 4.79 Å². The third-order valence-corrected chi connectivity index (χ3v) is 5.51. The van der Waals surface area contributed by atoms with Gasteiger partial charge < -0.3 is 15.0 Å². The summed E-state index contributed by atoms with van der Waals surface area (Å²) in [5.74, 6) is -0.352. The second-order valence-corrected chi connectivity index (χ2v) is 7.39. The average molecular weight is 369 g/mol. The Morgan fingerprint density at radius 3 is 2.78 bits per heavy atom. The first kappa shape index (κ1) is 19.4. The first-order chi connectivity index (χ1) is 12.9. The number of ketones is 1. The van der Waals surface area contributed by atoms with E-state index in [-0.39, 0.29) is 17.8 Å². The average Bonchev–Trinajstić information content (AvgIpc) is 2.95. The Balaban J connectivity index is 1.79. The largest absolute Gasteiger partial charge is 0.462 e. The second kappa shape index (κ2) is 8.09. The van der Waals surface area contributed by atoms with E-state index in [2.05, 4.69) is 34.6 Å². The predicted octanol–water partition coefficient (Wildman–Crippen LogP) is 3.02. The molecule has 1 heterocycles. The van der Waals surface area contributed by atoms with Crippen LogP contribution in [0.2, 0.25) is 0 Å². The van der Waals surface area contributed by atoms with Gasteiger partial charge in [0.1, 0.15) is 12.1 Å². The van der Waals surface area contributed by atoms with Gasteiger partial charge in [0.25, 0.3) is 0 Å². The number of hydrogen-bond donors (Lipinski definition) is 2. The Bertz CT molecular complexity index is 853. The number of H-pyrrole nitrogens is 1. The number of aromatic amines is 1. The predicted molar refractivity (Wildman–Crippen MR) is 104 cm³/mol. The van der Waals surface area contributed by atoms with Crippen LogP contribution in [0.3, 0.4) is 0 Å². The van der Waals surface area contributed by atoms with E-state index in [4.69, 9.17) is 4.74 Å². The maximum Gasteiger partial charge on any atom is 0.340 e. The Morgan fingerprint density at radius 1 is 1.30 bits per heavy atom. The molecule has 0 unspecified atom stereocenters. The normalized spacial score (nSPS) is 17.3. The molecule has 27 heavy (non-hydrogen) atoms.